The number of carbonyl (C=O) groups excluding carboxylic acids is 1. The summed E-state index contributed by atoms with van der Waals surface area (Å²) < 4.78 is 11.5. The lowest BCUT2D eigenvalue weighted by molar-refractivity contribution is 0.0686. The number of amides is 1. The number of halogens is 1. The molecule has 5 heteroatoms. The van der Waals surface area contributed by atoms with Crippen molar-refractivity contribution < 1.29 is 13.6 Å². The maximum absolute atomic E-state index is 13.5. The lowest BCUT2D eigenvalue weighted by atomic mass is 10.0. The molecule has 4 aromatic rings. The molecule has 0 N–H and O–H groups in total. The molecular formula is C24H22ClNO3. The summed E-state index contributed by atoms with van der Waals surface area (Å²) in [5, 5.41) is 1.64. The Labute approximate surface area is 174 Å². The first-order valence-electron chi connectivity index (χ1n) is 9.49. The Hall–Kier alpha value is -2.98. The average Bonchev–Trinajstić information content (AvgIpc) is 3.32. The summed E-state index contributed by atoms with van der Waals surface area (Å²) in [7, 11) is 0. The van der Waals surface area contributed by atoms with Crippen LogP contribution in [0.1, 0.15) is 38.6 Å². The maximum Gasteiger partial charge on any atom is 0.290 e. The molecule has 0 saturated carbocycles. The lowest BCUT2D eigenvalue weighted by Gasteiger charge is -2.21. The van der Waals surface area contributed by atoms with Gasteiger partial charge in [-0.1, -0.05) is 23.7 Å². The van der Waals surface area contributed by atoms with Gasteiger partial charge in [0, 0.05) is 22.5 Å². The molecule has 29 heavy (non-hydrogen) atoms. The molecule has 0 saturated heterocycles. The zero-order valence-electron chi connectivity index (χ0n) is 16.7. The minimum absolute atomic E-state index is 0.166. The van der Waals surface area contributed by atoms with Gasteiger partial charge in [-0.2, -0.15) is 0 Å². The number of aryl methyl sites for hydroxylation is 3. The monoisotopic (exact) mass is 407 g/mol. The molecule has 0 spiro atoms. The van der Waals surface area contributed by atoms with Crippen LogP contribution in [0.15, 0.2) is 63.6 Å². The Morgan fingerprint density at radius 1 is 1.00 bits per heavy atom. The third-order valence-corrected chi connectivity index (χ3v) is 5.50. The smallest absolute Gasteiger partial charge is 0.290 e. The molecule has 0 unspecified atom stereocenters. The maximum atomic E-state index is 13.5. The van der Waals surface area contributed by atoms with Crippen molar-refractivity contribution in [1.82, 2.24) is 4.90 Å². The van der Waals surface area contributed by atoms with Crippen molar-refractivity contribution in [2.45, 2.75) is 33.9 Å². The van der Waals surface area contributed by atoms with Crippen LogP contribution in [0.4, 0.5) is 0 Å². The molecule has 0 fully saturated rings. The molecule has 148 valence electrons. The average molecular weight is 408 g/mol. The Morgan fingerprint density at radius 3 is 2.41 bits per heavy atom. The molecule has 4 nitrogen and oxygen atoms in total. The fourth-order valence-electron chi connectivity index (χ4n) is 3.42. The second-order valence-electron chi connectivity index (χ2n) is 7.36. The zero-order chi connectivity index (χ0) is 20.5. The van der Waals surface area contributed by atoms with Gasteiger partial charge in [0.05, 0.1) is 12.8 Å². The third kappa shape index (κ3) is 3.94. The number of rotatable bonds is 5. The van der Waals surface area contributed by atoms with E-state index < -0.39 is 0 Å². The van der Waals surface area contributed by atoms with E-state index in [1.165, 1.54) is 5.56 Å². The predicted octanol–water partition coefficient (Wildman–Crippen LogP) is 6.45. The number of fused-ring (bicyclic) bond motifs is 1. The van der Waals surface area contributed by atoms with E-state index in [0.29, 0.717) is 29.6 Å². The van der Waals surface area contributed by atoms with Gasteiger partial charge < -0.3 is 13.7 Å². The number of furan rings is 2. The summed E-state index contributed by atoms with van der Waals surface area (Å²) in [5.74, 6) is 0.915. The van der Waals surface area contributed by atoms with E-state index >= 15 is 0 Å². The molecule has 1 amide bonds. The van der Waals surface area contributed by atoms with E-state index in [1.54, 1.807) is 11.2 Å². The molecule has 0 radical (unpaired) electrons. The molecule has 2 heterocycles. The second-order valence-corrected chi connectivity index (χ2v) is 7.79. The Kier molecular flexibility index (Phi) is 5.20. The van der Waals surface area contributed by atoms with E-state index in [-0.39, 0.29) is 5.91 Å². The van der Waals surface area contributed by atoms with Crippen molar-refractivity contribution in [2.75, 3.05) is 0 Å². The molecule has 0 aliphatic carbocycles. The minimum atomic E-state index is -0.166. The highest BCUT2D eigenvalue weighted by molar-refractivity contribution is 6.30. The summed E-state index contributed by atoms with van der Waals surface area (Å²) in [6.45, 7) is 6.81. The molecular weight excluding hydrogens is 386 g/mol. The number of nitrogens with zero attached hydrogens (tertiary/aromatic N) is 1. The van der Waals surface area contributed by atoms with Crippen LogP contribution in [0.3, 0.4) is 0 Å². The van der Waals surface area contributed by atoms with Gasteiger partial charge in [0.15, 0.2) is 5.76 Å². The van der Waals surface area contributed by atoms with Gasteiger partial charge in [-0.25, -0.2) is 0 Å². The lowest BCUT2D eigenvalue weighted by Crippen LogP contribution is -2.30. The predicted molar refractivity (Wildman–Crippen MR) is 114 cm³/mol. The molecule has 0 aliphatic heterocycles. The van der Waals surface area contributed by atoms with Crippen LogP contribution in [0.2, 0.25) is 5.02 Å². The van der Waals surface area contributed by atoms with Crippen molar-refractivity contribution >= 4 is 28.5 Å². The second kappa shape index (κ2) is 7.80. The van der Waals surface area contributed by atoms with E-state index in [1.807, 2.05) is 56.3 Å². The molecule has 0 atom stereocenters. The first-order chi connectivity index (χ1) is 13.9. The van der Waals surface area contributed by atoms with E-state index in [4.69, 9.17) is 20.4 Å². The number of benzene rings is 2. The van der Waals surface area contributed by atoms with Gasteiger partial charge in [0.25, 0.3) is 5.91 Å². The topological polar surface area (TPSA) is 46.6 Å². The normalized spacial score (nSPS) is 11.2. The van der Waals surface area contributed by atoms with Crippen molar-refractivity contribution in [3.8, 4) is 0 Å². The van der Waals surface area contributed by atoms with Gasteiger partial charge in [-0.15, -0.1) is 0 Å². The largest absolute Gasteiger partial charge is 0.467 e. The summed E-state index contributed by atoms with van der Waals surface area (Å²) in [6.07, 6.45) is 1.61. The van der Waals surface area contributed by atoms with Crippen LogP contribution in [-0.4, -0.2) is 10.8 Å². The van der Waals surface area contributed by atoms with Crippen molar-refractivity contribution in [3.63, 3.8) is 0 Å². The molecule has 2 aromatic carbocycles. The Balaban J connectivity index is 1.71. The number of hydrogen-bond acceptors (Lipinski definition) is 3. The molecule has 2 aromatic heterocycles. The minimum Gasteiger partial charge on any atom is -0.467 e. The van der Waals surface area contributed by atoms with Crippen LogP contribution >= 0.6 is 11.6 Å². The summed E-state index contributed by atoms with van der Waals surface area (Å²) >= 11 is 6.00. The Morgan fingerprint density at radius 2 is 1.72 bits per heavy atom. The van der Waals surface area contributed by atoms with Crippen LogP contribution in [-0.2, 0) is 13.1 Å². The first-order valence-corrected chi connectivity index (χ1v) is 9.86. The highest BCUT2D eigenvalue weighted by Crippen LogP contribution is 2.29. The zero-order valence-corrected chi connectivity index (χ0v) is 17.4. The molecule has 0 aliphatic rings. The van der Waals surface area contributed by atoms with Crippen LogP contribution < -0.4 is 0 Å². The fourth-order valence-corrected chi connectivity index (χ4v) is 3.55. The van der Waals surface area contributed by atoms with Gasteiger partial charge >= 0.3 is 0 Å². The quantitative estimate of drug-likeness (QED) is 0.382. The van der Waals surface area contributed by atoms with Crippen molar-refractivity contribution in [2.24, 2.45) is 0 Å². The van der Waals surface area contributed by atoms with Crippen LogP contribution in [0, 0.1) is 20.8 Å². The van der Waals surface area contributed by atoms with E-state index in [0.717, 1.165) is 27.7 Å². The highest BCUT2D eigenvalue weighted by Gasteiger charge is 2.25. The van der Waals surface area contributed by atoms with Crippen molar-refractivity contribution in [1.29, 1.82) is 0 Å². The van der Waals surface area contributed by atoms with Gasteiger partial charge in [0.1, 0.15) is 11.3 Å². The summed E-state index contributed by atoms with van der Waals surface area (Å²) in [4.78, 5) is 15.2. The van der Waals surface area contributed by atoms with Gasteiger partial charge in [-0.3, -0.25) is 4.79 Å². The highest BCUT2D eigenvalue weighted by atomic mass is 35.5. The van der Waals surface area contributed by atoms with Crippen LogP contribution in [0.25, 0.3) is 11.0 Å². The van der Waals surface area contributed by atoms with Crippen LogP contribution in [0.5, 0.6) is 0 Å². The van der Waals surface area contributed by atoms with Gasteiger partial charge in [-0.05, 0) is 73.9 Å². The molecule has 4 rings (SSSR count). The standard InChI is InChI=1S/C24H22ClNO3/c1-15-11-21-17(3)23(29-22(21)12-16(15)2)24(27)26(14-20-5-4-10-28-20)13-18-6-8-19(25)9-7-18/h4-12H,13-14H2,1-3H3. The Bertz CT molecular complexity index is 1160. The summed E-state index contributed by atoms with van der Waals surface area (Å²) in [6, 6.07) is 15.2. The summed E-state index contributed by atoms with van der Waals surface area (Å²) in [5.41, 5.74) is 4.88. The molecule has 0 bridgehead atoms. The number of hydrogen-bond donors (Lipinski definition) is 0. The van der Waals surface area contributed by atoms with E-state index in [2.05, 4.69) is 13.0 Å². The number of carbonyl (C=O) groups is 1. The fraction of sp³-hybridized carbons (Fsp3) is 0.208. The van der Waals surface area contributed by atoms with Crippen molar-refractivity contribution in [3.05, 3.63) is 93.6 Å². The SMILES string of the molecule is Cc1cc2oc(C(=O)N(Cc3ccc(Cl)cc3)Cc3ccco3)c(C)c2cc1C. The van der Waals surface area contributed by atoms with Gasteiger partial charge in [0.2, 0.25) is 0 Å². The third-order valence-electron chi connectivity index (χ3n) is 5.25. The van der Waals surface area contributed by atoms with E-state index in [9.17, 15) is 4.79 Å². The first kappa shape index (κ1) is 19.3.